The summed E-state index contributed by atoms with van der Waals surface area (Å²) >= 11 is 4.83. The van der Waals surface area contributed by atoms with Crippen molar-refractivity contribution in [1.29, 1.82) is 0 Å². The monoisotopic (exact) mass is 267 g/mol. The number of ether oxygens (including phenoxy) is 2. The first-order valence-corrected chi connectivity index (χ1v) is 6.09. The smallest absolute Gasteiger partial charge is 0.305 e. The highest BCUT2D eigenvalue weighted by atomic mass is 32.1. The van der Waals surface area contributed by atoms with E-state index in [-0.39, 0.29) is 5.97 Å². The SMILES string of the molecule is COC(=O)CCCOc1ccc(CC(N)=S)cc1. The van der Waals surface area contributed by atoms with E-state index >= 15 is 0 Å². The van der Waals surface area contributed by atoms with Crippen molar-refractivity contribution in [2.45, 2.75) is 19.3 Å². The second kappa shape index (κ2) is 7.66. The quantitative estimate of drug-likeness (QED) is 0.464. The first-order chi connectivity index (χ1) is 8.61. The van der Waals surface area contributed by atoms with Crippen LogP contribution in [0.4, 0.5) is 0 Å². The maximum atomic E-state index is 10.9. The Bertz CT molecular complexity index is 403. The van der Waals surface area contributed by atoms with Crippen LogP contribution in [0.1, 0.15) is 18.4 Å². The molecule has 0 amide bonds. The van der Waals surface area contributed by atoms with Crippen LogP contribution >= 0.6 is 12.2 Å². The van der Waals surface area contributed by atoms with E-state index in [1.165, 1.54) is 7.11 Å². The number of benzene rings is 1. The van der Waals surface area contributed by atoms with Gasteiger partial charge in [0, 0.05) is 12.8 Å². The lowest BCUT2D eigenvalue weighted by Crippen LogP contribution is -2.10. The third-order valence-electron chi connectivity index (χ3n) is 2.32. The molecule has 0 bridgehead atoms. The van der Waals surface area contributed by atoms with Gasteiger partial charge in [-0.05, 0) is 24.1 Å². The predicted octanol–water partition coefficient (Wildman–Crippen LogP) is 1.85. The molecule has 0 aromatic heterocycles. The molecule has 0 radical (unpaired) electrons. The average molecular weight is 267 g/mol. The van der Waals surface area contributed by atoms with Gasteiger partial charge >= 0.3 is 5.97 Å². The van der Waals surface area contributed by atoms with Gasteiger partial charge in [0.15, 0.2) is 0 Å². The maximum absolute atomic E-state index is 10.9. The number of methoxy groups -OCH3 is 1. The molecule has 0 spiro atoms. The highest BCUT2D eigenvalue weighted by molar-refractivity contribution is 7.80. The van der Waals surface area contributed by atoms with Crippen LogP contribution in [0.3, 0.4) is 0 Å². The molecule has 98 valence electrons. The summed E-state index contributed by atoms with van der Waals surface area (Å²) in [5.74, 6) is 0.553. The lowest BCUT2D eigenvalue weighted by molar-refractivity contribution is -0.140. The molecule has 0 aliphatic carbocycles. The Morgan fingerprint density at radius 2 is 2.00 bits per heavy atom. The largest absolute Gasteiger partial charge is 0.494 e. The lowest BCUT2D eigenvalue weighted by Gasteiger charge is -2.06. The average Bonchev–Trinajstić information content (AvgIpc) is 2.35. The molecule has 1 rings (SSSR count). The van der Waals surface area contributed by atoms with Crippen LogP contribution in [0.15, 0.2) is 24.3 Å². The second-order valence-electron chi connectivity index (χ2n) is 3.82. The first kappa shape index (κ1) is 14.4. The highest BCUT2D eigenvalue weighted by Crippen LogP contribution is 2.13. The summed E-state index contributed by atoms with van der Waals surface area (Å²) in [6, 6.07) is 7.58. The molecule has 1 aromatic carbocycles. The van der Waals surface area contributed by atoms with Crippen molar-refractivity contribution < 1.29 is 14.3 Å². The Hall–Kier alpha value is -1.62. The van der Waals surface area contributed by atoms with Crippen molar-refractivity contribution >= 4 is 23.2 Å². The number of carbonyl (C=O) groups is 1. The minimum absolute atomic E-state index is 0.217. The number of hydrogen-bond donors (Lipinski definition) is 1. The molecular weight excluding hydrogens is 250 g/mol. The molecule has 0 atom stereocenters. The number of hydrogen-bond acceptors (Lipinski definition) is 4. The fourth-order valence-corrected chi connectivity index (χ4v) is 1.58. The van der Waals surface area contributed by atoms with E-state index in [9.17, 15) is 4.79 Å². The summed E-state index contributed by atoms with van der Waals surface area (Å²) in [4.78, 5) is 11.3. The Morgan fingerprint density at radius 1 is 1.33 bits per heavy atom. The van der Waals surface area contributed by atoms with E-state index < -0.39 is 0 Å². The molecule has 18 heavy (non-hydrogen) atoms. The number of thiocarbonyl (C=S) groups is 1. The second-order valence-corrected chi connectivity index (χ2v) is 4.34. The minimum Gasteiger partial charge on any atom is -0.494 e. The van der Waals surface area contributed by atoms with Gasteiger partial charge in [0.25, 0.3) is 0 Å². The van der Waals surface area contributed by atoms with Gasteiger partial charge in [0.05, 0.1) is 18.7 Å². The summed E-state index contributed by atoms with van der Waals surface area (Å²) in [6.45, 7) is 0.490. The zero-order valence-corrected chi connectivity index (χ0v) is 11.2. The van der Waals surface area contributed by atoms with E-state index in [0.29, 0.717) is 30.9 Å². The first-order valence-electron chi connectivity index (χ1n) is 5.68. The van der Waals surface area contributed by atoms with Gasteiger partial charge in [0.1, 0.15) is 5.75 Å². The van der Waals surface area contributed by atoms with E-state index in [2.05, 4.69) is 4.74 Å². The van der Waals surface area contributed by atoms with E-state index in [0.717, 1.165) is 11.3 Å². The van der Waals surface area contributed by atoms with Crippen molar-refractivity contribution in [3.63, 3.8) is 0 Å². The van der Waals surface area contributed by atoms with Gasteiger partial charge in [-0.15, -0.1) is 0 Å². The number of carbonyl (C=O) groups excluding carboxylic acids is 1. The van der Waals surface area contributed by atoms with Crippen LogP contribution in [-0.4, -0.2) is 24.7 Å². The molecular formula is C13H17NO3S. The topological polar surface area (TPSA) is 61.5 Å². The standard InChI is InChI=1S/C13H17NO3S/c1-16-13(15)3-2-8-17-11-6-4-10(5-7-11)9-12(14)18/h4-7H,2-3,8-9H2,1H3,(H2,14,18). The van der Waals surface area contributed by atoms with Gasteiger partial charge < -0.3 is 15.2 Å². The van der Waals surface area contributed by atoms with Crippen molar-refractivity contribution in [1.82, 2.24) is 0 Å². The van der Waals surface area contributed by atoms with Crippen molar-refractivity contribution in [2.24, 2.45) is 5.73 Å². The van der Waals surface area contributed by atoms with Gasteiger partial charge in [-0.1, -0.05) is 24.4 Å². The molecule has 0 aliphatic rings. The maximum Gasteiger partial charge on any atom is 0.305 e. The van der Waals surface area contributed by atoms with E-state index in [1.54, 1.807) is 0 Å². The Morgan fingerprint density at radius 3 is 2.56 bits per heavy atom. The Balaban J connectivity index is 2.31. The summed E-state index contributed by atoms with van der Waals surface area (Å²) in [5.41, 5.74) is 6.52. The van der Waals surface area contributed by atoms with Crippen LogP contribution in [0.2, 0.25) is 0 Å². The molecule has 0 fully saturated rings. The molecule has 0 saturated carbocycles. The van der Waals surface area contributed by atoms with E-state index in [1.807, 2.05) is 24.3 Å². The van der Waals surface area contributed by atoms with Gasteiger partial charge in [-0.3, -0.25) is 4.79 Å². The van der Waals surface area contributed by atoms with Crippen molar-refractivity contribution in [3.05, 3.63) is 29.8 Å². The van der Waals surface area contributed by atoms with Crippen LogP contribution in [0.25, 0.3) is 0 Å². The number of nitrogens with two attached hydrogens (primary N) is 1. The summed E-state index contributed by atoms with van der Waals surface area (Å²) in [5, 5.41) is 0. The van der Waals surface area contributed by atoms with Gasteiger partial charge in [-0.2, -0.15) is 0 Å². The molecule has 2 N–H and O–H groups in total. The number of esters is 1. The molecule has 1 aromatic rings. The molecule has 0 saturated heterocycles. The fourth-order valence-electron chi connectivity index (χ4n) is 1.41. The zero-order valence-electron chi connectivity index (χ0n) is 10.3. The molecule has 0 unspecified atom stereocenters. The summed E-state index contributed by atoms with van der Waals surface area (Å²) in [6.07, 6.45) is 1.61. The van der Waals surface area contributed by atoms with Crippen molar-refractivity contribution in [2.75, 3.05) is 13.7 Å². The minimum atomic E-state index is -0.217. The van der Waals surface area contributed by atoms with Crippen LogP contribution in [-0.2, 0) is 16.0 Å². The van der Waals surface area contributed by atoms with Crippen LogP contribution in [0, 0.1) is 0 Å². The Labute approximate surface area is 112 Å². The Kier molecular flexibility index (Phi) is 6.14. The van der Waals surface area contributed by atoms with Crippen LogP contribution < -0.4 is 10.5 Å². The molecule has 4 nitrogen and oxygen atoms in total. The fraction of sp³-hybridized carbons (Fsp3) is 0.385. The lowest BCUT2D eigenvalue weighted by atomic mass is 10.1. The summed E-state index contributed by atoms with van der Waals surface area (Å²) in [7, 11) is 1.38. The predicted molar refractivity (Wildman–Crippen MR) is 73.7 cm³/mol. The van der Waals surface area contributed by atoms with Crippen molar-refractivity contribution in [3.8, 4) is 5.75 Å². The highest BCUT2D eigenvalue weighted by Gasteiger charge is 2.01. The third-order valence-corrected chi connectivity index (χ3v) is 2.47. The molecule has 5 heteroatoms. The molecule has 0 heterocycles. The summed E-state index contributed by atoms with van der Waals surface area (Å²) < 4.78 is 10.0. The molecule has 0 aliphatic heterocycles. The van der Waals surface area contributed by atoms with Gasteiger partial charge in [-0.25, -0.2) is 0 Å². The third kappa shape index (κ3) is 5.63. The van der Waals surface area contributed by atoms with Gasteiger partial charge in [0.2, 0.25) is 0 Å². The van der Waals surface area contributed by atoms with E-state index in [4.69, 9.17) is 22.7 Å². The zero-order chi connectivity index (χ0) is 13.4. The normalized spacial score (nSPS) is 9.83. The number of rotatable bonds is 7. The van der Waals surface area contributed by atoms with Crippen LogP contribution in [0.5, 0.6) is 5.75 Å².